The molecule has 0 aromatic carbocycles. The predicted octanol–water partition coefficient (Wildman–Crippen LogP) is 1.73. The van der Waals surface area contributed by atoms with E-state index in [-0.39, 0.29) is 11.5 Å². The zero-order valence-corrected chi connectivity index (χ0v) is 11.9. The molecule has 0 bridgehead atoms. The molecule has 0 spiro atoms. The van der Waals surface area contributed by atoms with Gasteiger partial charge in [0, 0.05) is 30.6 Å². The largest absolute Gasteiger partial charge is 0.454 e. The summed E-state index contributed by atoms with van der Waals surface area (Å²) in [6.45, 7) is 3.78. The van der Waals surface area contributed by atoms with Crippen LogP contribution >= 0.6 is 11.6 Å². The van der Waals surface area contributed by atoms with Crippen LogP contribution in [0, 0.1) is 6.92 Å². The molecule has 0 amide bonds. The number of ether oxygens (including phenoxy) is 1. The molecule has 0 saturated heterocycles. The van der Waals surface area contributed by atoms with Crippen molar-refractivity contribution in [3.63, 3.8) is 0 Å². The van der Waals surface area contributed by atoms with E-state index in [0.717, 1.165) is 6.42 Å². The summed E-state index contributed by atoms with van der Waals surface area (Å²) < 4.78 is 6.86. The molecule has 2 rings (SSSR count). The van der Waals surface area contributed by atoms with Gasteiger partial charge >= 0.3 is 5.97 Å². The van der Waals surface area contributed by atoms with Crippen molar-refractivity contribution in [3.05, 3.63) is 27.4 Å². The van der Waals surface area contributed by atoms with Crippen molar-refractivity contribution in [3.8, 4) is 0 Å². The second kappa shape index (κ2) is 5.74. The number of alkyl halides is 1. The van der Waals surface area contributed by atoms with E-state index in [1.807, 2.05) is 0 Å². The number of hydrogen-bond donors (Lipinski definition) is 0. The quantitative estimate of drug-likeness (QED) is 0.626. The molecule has 1 atom stereocenters. The highest BCUT2D eigenvalue weighted by Gasteiger charge is 2.26. The molecule has 19 heavy (non-hydrogen) atoms. The number of rotatable bonds is 3. The van der Waals surface area contributed by atoms with E-state index in [1.54, 1.807) is 11.5 Å². The third-order valence-corrected chi connectivity index (χ3v) is 3.48. The fourth-order valence-corrected chi connectivity index (χ4v) is 2.63. The van der Waals surface area contributed by atoms with E-state index in [1.165, 1.54) is 6.92 Å². The number of esters is 1. The lowest BCUT2D eigenvalue weighted by atomic mass is 10.1. The van der Waals surface area contributed by atoms with Crippen LogP contribution in [-0.4, -0.2) is 21.4 Å². The van der Waals surface area contributed by atoms with Crippen molar-refractivity contribution in [2.75, 3.05) is 5.88 Å². The molecule has 2 heterocycles. The van der Waals surface area contributed by atoms with E-state index in [0.29, 0.717) is 42.3 Å². The summed E-state index contributed by atoms with van der Waals surface area (Å²) >= 11 is 5.72. The number of carbonyl (C=O) groups is 1. The molecule has 0 radical (unpaired) electrons. The Bertz CT molecular complexity index is 554. The van der Waals surface area contributed by atoms with Gasteiger partial charge in [0.1, 0.15) is 0 Å². The van der Waals surface area contributed by atoms with Crippen LogP contribution in [-0.2, 0) is 22.5 Å². The maximum Gasteiger partial charge on any atom is 0.303 e. The third-order valence-electron chi connectivity index (χ3n) is 3.29. The maximum absolute atomic E-state index is 12.4. The minimum Gasteiger partial charge on any atom is -0.454 e. The van der Waals surface area contributed by atoms with Crippen LogP contribution in [0.3, 0.4) is 0 Å². The Morgan fingerprint density at radius 1 is 1.58 bits per heavy atom. The fraction of sp³-hybridized carbons (Fsp3) is 0.615. The van der Waals surface area contributed by atoms with Crippen molar-refractivity contribution >= 4 is 17.6 Å². The van der Waals surface area contributed by atoms with Gasteiger partial charge in [0.2, 0.25) is 0 Å². The Kier molecular flexibility index (Phi) is 4.24. The lowest BCUT2D eigenvalue weighted by molar-refractivity contribution is -0.148. The first-order valence-corrected chi connectivity index (χ1v) is 6.91. The molecule has 0 fully saturated rings. The van der Waals surface area contributed by atoms with E-state index in [2.05, 4.69) is 4.98 Å². The van der Waals surface area contributed by atoms with E-state index in [9.17, 15) is 9.59 Å². The van der Waals surface area contributed by atoms with Crippen LogP contribution in [0.4, 0.5) is 0 Å². The molecule has 5 nitrogen and oxygen atoms in total. The smallest absolute Gasteiger partial charge is 0.303 e. The fourth-order valence-electron chi connectivity index (χ4n) is 2.44. The SMILES string of the molecule is CC(=O)OC1CCCn2c1nc(C)c(CCCl)c2=O. The predicted molar refractivity (Wildman–Crippen MR) is 71.4 cm³/mol. The Morgan fingerprint density at radius 2 is 2.32 bits per heavy atom. The lowest BCUT2D eigenvalue weighted by Crippen LogP contribution is -2.34. The van der Waals surface area contributed by atoms with Gasteiger partial charge in [0.05, 0.1) is 0 Å². The van der Waals surface area contributed by atoms with Crippen molar-refractivity contribution in [2.24, 2.45) is 0 Å². The number of nitrogens with zero attached hydrogens (tertiary/aromatic N) is 2. The second-order valence-electron chi connectivity index (χ2n) is 4.67. The highest BCUT2D eigenvalue weighted by Crippen LogP contribution is 2.26. The Balaban J connectivity index is 2.48. The second-order valence-corrected chi connectivity index (χ2v) is 5.05. The van der Waals surface area contributed by atoms with Crippen molar-refractivity contribution in [1.82, 2.24) is 9.55 Å². The normalized spacial score (nSPS) is 17.9. The van der Waals surface area contributed by atoms with Gasteiger partial charge in [-0.25, -0.2) is 4.98 Å². The minimum absolute atomic E-state index is 0.0556. The van der Waals surface area contributed by atoms with Crippen LogP contribution in [0.2, 0.25) is 0 Å². The molecule has 0 aliphatic carbocycles. The molecule has 1 aliphatic heterocycles. The maximum atomic E-state index is 12.4. The van der Waals surface area contributed by atoms with Crippen molar-refractivity contribution < 1.29 is 9.53 Å². The average molecular weight is 285 g/mol. The van der Waals surface area contributed by atoms with Crippen molar-refractivity contribution in [2.45, 2.75) is 45.8 Å². The third kappa shape index (κ3) is 2.81. The first kappa shape index (κ1) is 14.1. The minimum atomic E-state index is -0.414. The monoisotopic (exact) mass is 284 g/mol. The number of carbonyl (C=O) groups excluding carboxylic acids is 1. The molecule has 104 valence electrons. The van der Waals surface area contributed by atoms with Crippen LogP contribution in [0.25, 0.3) is 0 Å². The zero-order chi connectivity index (χ0) is 14.0. The lowest BCUT2D eigenvalue weighted by Gasteiger charge is -2.26. The Hall–Kier alpha value is -1.36. The number of aryl methyl sites for hydroxylation is 1. The molecule has 0 saturated carbocycles. The Labute approximate surface area is 116 Å². The van der Waals surface area contributed by atoms with E-state index in [4.69, 9.17) is 16.3 Å². The molecule has 1 unspecified atom stereocenters. The number of fused-ring (bicyclic) bond motifs is 1. The zero-order valence-electron chi connectivity index (χ0n) is 11.1. The van der Waals surface area contributed by atoms with Gasteiger partial charge in [-0.3, -0.25) is 14.2 Å². The van der Waals surface area contributed by atoms with Gasteiger partial charge in [0.15, 0.2) is 11.9 Å². The average Bonchev–Trinajstić information content (AvgIpc) is 2.35. The number of halogens is 1. The van der Waals surface area contributed by atoms with Gasteiger partial charge in [-0.15, -0.1) is 11.6 Å². The summed E-state index contributed by atoms with van der Waals surface area (Å²) in [7, 11) is 0. The first-order chi connectivity index (χ1) is 9.04. The van der Waals surface area contributed by atoms with Crippen LogP contribution in [0.1, 0.15) is 43.0 Å². The summed E-state index contributed by atoms with van der Waals surface area (Å²) in [5.41, 5.74) is 1.28. The molecular formula is C13H17ClN2O3. The van der Waals surface area contributed by atoms with E-state index < -0.39 is 6.10 Å². The van der Waals surface area contributed by atoms with Gasteiger partial charge in [-0.2, -0.15) is 0 Å². The van der Waals surface area contributed by atoms with Gasteiger partial charge in [0.25, 0.3) is 5.56 Å². The number of hydrogen-bond acceptors (Lipinski definition) is 4. The number of aromatic nitrogens is 2. The standard InChI is InChI=1S/C13H17ClN2O3/c1-8-10(5-6-14)13(18)16-7-3-4-11(12(16)15-8)19-9(2)17/h11H,3-7H2,1-2H3. The van der Waals surface area contributed by atoms with Crippen LogP contribution in [0.15, 0.2) is 4.79 Å². The van der Waals surface area contributed by atoms with Crippen LogP contribution in [0.5, 0.6) is 0 Å². The molecule has 1 aromatic heterocycles. The molecule has 0 N–H and O–H groups in total. The highest BCUT2D eigenvalue weighted by molar-refractivity contribution is 6.17. The molecule has 1 aliphatic rings. The summed E-state index contributed by atoms with van der Waals surface area (Å²) in [5.74, 6) is 0.599. The molecular weight excluding hydrogens is 268 g/mol. The molecule has 6 heteroatoms. The van der Waals surface area contributed by atoms with Gasteiger partial charge < -0.3 is 4.74 Å². The summed E-state index contributed by atoms with van der Waals surface area (Å²) in [6.07, 6.45) is 1.61. The molecule has 1 aromatic rings. The van der Waals surface area contributed by atoms with Gasteiger partial charge in [-0.1, -0.05) is 0 Å². The van der Waals surface area contributed by atoms with E-state index >= 15 is 0 Å². The topological polar surface area (TPSA) is 61.2 Å². The summed E-state index contributed by atoms with van der Waals surface area (Å²) in [5, 5.41) is 0. The Morgan fingerprint density at radius 3 is 2.95 bits per heavy atom. The van der Waals surface area contributed by atoms with Gasteiger partial charge in [-0.05, 0) is 26.2 Å². The highest BCUT2D eigenvalue weighted by atomic mass is 35.5. The summed E-state index contributed by atoms with van der Waals surface area (Å²) in [4.78, 5) is 27.9. The summed E-state index contributed by atoms with van der Waals surface area (Å²) in [6, 6.07) is 0. The van der Waals surface area contributed by atoms with Crippen LogP contribution < -0.4 is 5.56 Å². The first-order valence-electron chi connectivity index (χ1n) is 6.38. The van der Waals surface area contributed by atoms with Crippen molar-refractivity contribution in [1.29, 1.82) is 0 Å².